The summed E-state index contributed by atoms with van der Waals surface area (Å²) in [4.78, 5) is 0. The minimum atomic E-state index is -3.67. The minimum absolute atomic E-state index is 0. The van der Waals surface area contributed by atoms with Gasteiger partial charge in [-0.2, -0.15) is 0 Å². The van der Waals surface area contributed by atoms with E-state index >= 15 is 0 Å². The van der Waals surface area contributed by atoms with Crippen molar-refractivity contribution >= 4 is 7.54 Å². The van der Waals surface area contributed by atoms with Crippen molar-refractivity contribution in [2.75, 3.05) is 0 Å². The second-order valence-electron chi connectivity index (χ2n) is 0.247. The molecule has 0 spiro atoms. The maximum atomic E-state index is 9.67. The number of rotatable bonds is 0. The van der Waals surface area contributed by atoms with Crippen LogP contribution in [0.4, 0.5) is 12.9 Å². The van der Waals surface area contributed by atoms with Gasteiger partial charge >= 0.3 is 7.54 Å². The summed E-state index contributed by atoms with van der Waals surface area (Å²) in [5.74, 6) is 0. The Bertz CT molecular complexity index is 11.6. The van der Waals surface area contributed by atoms with Crippen molar-refractivity contribution in [3.05, 3.63) is 0 Å². The topological polar surface area (TPSA) is 0 Å². The second-order valence-corrected chi connectivity index (χ2v) is 0.247. The molecule has 0 heterocycles. The third-order valence-corrected chi connectivity index (χ3v) is 0. The maximum absolute atomic E-state index is 9.67. The second kappa shape index (κ2) is 4.37. The summed E-state index contributed by atoms with van der Waals surface area (Å²) < 4.78 is 29.0. The SMILES string of the molecule is FB(F)F.[Fe]. The first kappa shape index (κ1) is 9.03. The van der Waals surface area contributed by atoms with Gasteiger partial charge in [0.05, 0.1) is 0 Å². The summed E-state index contributed by atoms with van der Waals surface area (Å²) in [6, 6.07) is 0. The van der Waals surface area contributed by atoms with E-state index in [2.05, 4.69) is 0 Å². The molecule has 0 aromatic rings. The first-order chi connectivity index (χ1) is 1.73. The quantitative estimate of drug-likeness (QED) is 0.420. The monoisotopic (exact) mass is 124 g/mol. The van der Waals surface area contributed by atoms with Crippen molar-refractivity contribution in [1.29, 1.82) is 0 Å². The van der Waals surface area contributed by atoms with Gasteiger partial charge in [0.2, 0.25) is 0 Å². The maximum Gasteiger partial charge on any atom is 0.762 e. The van der Waals surface area contributed by atoms with Crippen LogP contribution < -0.4 is 0 Å². The molecule has 0 radical (unpaired) electrons. The predicted octanol–water partition coefficient (Wildman–Crippen LogP) is 0.877. The normalized spacial score (nSPS) is 5.40. The molecule has 0 saturated carbocycles. The van der Waals surface area contributed by atoms with Crippen LogP contribution in [0.3, 0.4) is 0 Å². The van der Waals surface area contributed by atoms with E-state index in [1.54, 1.807) is 0 Å². The van der Waals surface area contributed by atoms with Crippen LogP contribution in [0.15, 0.2) is 0 Å². The molecule has 0 rings (SSSR count). The van der Waals surface area contributed by atoms with Crippen LogP contribution in [-0.2, 0) is 17.1 Å². The van der Waals surface area contributed by atoms with Gasteiger partial charge < -0.3 is 0 Å². The Morgan fingerprint density at radius 2 is 1.00 bits per heavy atom. The third-order valence-electron chi connectivity index (χ3n) is 0. The van der Waals surface area contributed by atoms with Crippen molar-refractivity contribution in [2.24, 2.45) is 0 Å². The molecule has 32 valence electrons. The molecule has 0 unspecified atom stereocenters. The van der Waals surface area contributed by atoms with Gasteiger partial charge in [-0.15, -0.1) is 0 Å². The largest absolute Gasteiger partial charge is 0.762 e. The molecule has 0 aromatic heterocycles. The van der Waals surface area contributed by atoms with E-state index in [0.29, 0.717) is 0 Å². The van der Waals surface area contributed by atoms with Crippen LogP contribution in [-0.4, -0.2) is 7.54 Å². The van der Waals surface area contributed by atoms with E-state index in [0.717, 1.165) is 0 Å². The fourth-order valence-corrected chi connectivity index (χ4v) is 0. The van der Waals surface area contributed by atoms with Crippen molar-refractivity contribution < 1.29 is 30.0 Å². The molecule has 0 N–H and O–H groups in total. The smallest absolute Gasteiger partial charge is 0.254 e. The number of hydrogen-bond acceptors (Lipinski definition) is 0. The zero-order chi connectivity index (χ0) is 3.58. The summed E-state index contributed by atoms with van der Waals surface area (Å²) in [5, 5.41) is 0. The third kappa shape index (κ3) is 176. The molecule has 0 fully saturated rings. The average molecular weight is 124 g/mol. The molecule has 0 bridgehead atoms. The van der Waals surface area contributed by atoms with Crippen molar-refractivity contribution in [2.45, 2.75) is 0 Å². The molecule has 0 aliphatic rings. The van der Waals surface area contributed by atoms with Crippen molar-refractivity contribution in [3.63, 3.8) is 0 Å². The van der Waals surface area contributed by atoms with Crippen LogP contribution in [0.2, 0.25) is 0 Å². The van der Waals surface area contributed by atoms with E-state index in [1.165, 1.54) is 0 Å². The standard InChI is InChI=1S/BF3.Fe/c2-1(3)4;. The first-order valence-corrected chi connectivity index (χ1v) is 0.655. The fourth-order valence-electron chi connectivity index (χ4n) is 0. The number of halogens is 3. The Hall–Kier alpha value is 0.374. The van der Waals surface area contributed by atoms with Crippen LogP contribution >= 0.6 is 0 Å². The predicted molar refractivity (Wildman–Crippen MR) is 9.08 cm³/mol. The zero-order valence-corrected chi connectivity index (χ0v) is 3.17. The van der Waals surface area contributed by atoms with E-state index < -0.39 is 7.54 Å². The van der Waals surface area contributed by atoms with Crippen LogP contribution in [0.5, 0.6) is 0 Å². The fraction of sp³-hybridized carbons (Fsp3) is 0. The summed E-state index contributed by atoms with van der Waals surface area (Å²) in [5.41, 5.74) is 0. The van der Waals surface area contributed by atoms with Gasteiger partial charge in [0.15, 0.2) is 0 Å². The Kier molecular flexibility index (Phi) is 7.90. The Morgan fingerprint density at radius 3 is 1.00 bits per heavy atom. The zero-order valence-electron chi connectivity index (χ0n) is 2.06. The van der Waals surface area contributed by atoms with E-state index in [1.807, 2.05) is 0 Å². The number of hydrogen-bond donors (Lipinski definition) is 0. The first-order valence-electron chi connectivity index (χ1n) is 0.655. The Morgan fingerprint density at radius 1 is 1.00 bits per heavy atom. The van der Waals surface area contributed by atoms with E-state index in [9.17, 15) is 12.9 Å². The molecule has 0 aromatic carbocycles. The van der Waals surface area contributed by atoms with Gasteiger partial charge in [-0.3, -0.25) is 12.9 Å². The van der Waals surface area contributed by atoms with Gasteiger partial charge in [0.25, 0.3) is 0 Å². The van der Waals surface area contributed by atoms with Crippen LogP contribution in [0.25, 0.3) is 0 Å². The molecule has 0 nitrogen and oxygen atoms in total. The van der Waals surface area contributed by atoms with Crippen molar-refractivity contribution in [1.82, 2.24) is 0 Å². The van der Waals surface area contributed by atoms with Crippen LogP contribution in [0, 0.1) is 0 Å². The summed E-state index contributed by atoms with van der Waals surface area (Å²) in [6.45, 7) is 0. The average Bonchev–Trinajstić information content (AvgIpc) is 0.811. The van der Waals surface area contributed by atoms with Crippen LogP contribution in [0.1, 0.15) is 0 Å². The molecule has 0 saturated heterocycles. The molecular formula is BF3Fe. The molecule has 0 amide bonds. The van der Waals surface area contributed by atoms with Gasteiger partial charge in [-0.1, -0.05) is 0 Å². The van der Waals surface area contributed by atoms with Crippen molar-refractivity contribution in [3.8, 4) is 0 Å². The molecule has 0 aliphatic carbocycles. The Balaban J connectivity index is 0. The molecule has 0 aliphatic heterocycles. The van der Waals surface area contributed by atoms with E-state index in [4.69, 9.17) is 0 Å². The summed E-state index contributed by atoms with van der Waals surface area (Å²) in [7, 11) is -3.67. The van der Waals surface area contributed by atoms with Gasteiger partial charge in [0.1, 0.15) is 0 Å². The van der Waals surface area contributed by atoms with E-state index in [-0.39, 0.29) is 17.1 Å². The molecule has 0 atom stereocenters. The van der Waals surface area contributed by atoms with Gasteiger partial charge in [0, 0.05) is 17.1 Å². The van der Waals surface area contributed by atoms with Gasteiger partial charge in [-0.05, 0) is 0 Å². The summed E-state index contributed by atoms with van der Waals surface area (Å²) in [6.07, 6.45) is 0. The molecule has 5 heteroatoms. The van der Waals surface area contributed by atoms with Gasteiger partial charge in [-0.25, -0.2) is 0 Å². The minimum Gasteiger partial charge on any atom is -0.254 e. The summed E-state index contributed by atoms with van der Waals surface area (Å²) >= 11 is 0. The Labute approximate surface area is 38.4 Å². The molecule has 5 heavy (non-hydrogen) atoms. The molecular weight excluding hydrogens is 124 g/mol.